The maximum Gasteiger partial charge on any atom is 0.242 e. The topological polar surface area (TPSA) is 75.6 Å². The smallest absolute Gasteiger partial charge is 0.242 e. The Morgan fingerprint density at radius 3 is 2.68 bits per heavy atom. The van der Waals surface area contributed by atoms with E-state index < -0.39 is 0 Å². The first-order chi connectivity index (χ1) is 11.7. The zero-order chi connectivity index (χ0) is 16.9. The number of carbonyl (C=O) groups is 2. The van der Waals surface area contributed by atoms with Gasteiger partial charge in [-0.25, -0.2) is 0 Å². The molecule has 0 aliphatic carbocycles. The summed E-state index contributed by atoms with van der Waals surface area (Å²) in [5.74, 6) is 0.0148. The van der Waals surface area contributed by atoms with Crippen molar-refractivity contribution in [2.45, 2.75) is 6.54 Å². The van der Waals surface area contributed by atoms with Crippen LogP contribution in [0.1, 0.15) is 0 Å². The van der Waals surface area contributed by atoms with Gasteiger partial charge in [0.1, 0.15) is 6.54 Å². The third kappa shape index (κ3) is 4.72. The molecule has 136 valence electrons. The summed E-state index contributed by atoms with van der Waals surface area (Å²) in [4.78, 5) is 25.8. The van der Waals surface area contributed by atoms with Crippen molar-refractivity contribution in [1.82, 2.24) is 14.8 Å². The predicted octanol–water partition coefficient (Wildman–Crippen LogP) is 1.08. The Morgan fingerprint density at radius 1 is 1.20 bits per heavy atom. The Morgan fingerprint density at radius 2 is 1.96 bits per heavy atom. The second kappa shape index (κ2) is 8.84. The lowest BCUT2D eigenvalue weighted by Crippen LogP contribution is -2.42. The van der Waals surface area contributed by atoms with Gasteiger partial charge in [-0.2, -0.15) is 0 Å². The summed E-state index contributed by atoms with van der Waals surface area (Å²) in [6, 6.07) is 7.65. The minimum atomic E-state index is -0.0845. The highest BCUT2D eigenvalue weighted by molar-refractivity contribution is 5.95. The highest BCUT2D eigenvalue weighted by Crippen LogP contribution is 2.21. The molecule has 0 unspecified atom stereocenters. The van der Waals surface area contributed by atoms with Crippen LogP contribution in [-0.4, -0.2) is 61.2 Å². The van der Waals surface area contributed by atoms with Crippen molar-refractivity contribution in [3.63, 3.8) is 0 Å². The number of morpholine rings is 1. The van der Waals surface area contributed by atoms with Gasteiger partial charge in [0.15, 0.2) is 0 Å². The van der Waals surface area contributed by atoms with Crippen LogP contribution in [0.25, 0.3) is 10.9 Å². The molecule has 2 N–H and O–H groups in total. The van der Waals surface area contributed by atoms with E-state index in [0.29, 0.717) is 32.8 Å². The molecule has 25 heavy (non-hydrogen) atoms. The molecule has 8 heteroatoms. The van der Waals surface area contributed by atoms with E-state index in [0.717, 1.165) is 16.6 Å². The van der Waals surface area contributed by atoms with Crippen molar-refractivity contribution in [2.75, 3.05) is 45.2 Å². The predicted molar refractivity (Wildman–Crippen MR) is 99.1 cm³/mol. The normalized spacial score (nSPS) is 14.2. The van der Waals surface area contributed by atoms with Gasteiger partial charge in [0.2, 0.25) is 11.8 Å². The lowest BCUT2D eigenvalue weighted by atomic mass is 10.2. The number of anilines is 1. The van der Waals surface area contributed by atoms with E-state index >= 15 is 0 Å². The number of benzene rings is 1. The monoisotopic (exact) mass is 366 g/mol. The van der Waals surface area contributed by atoms with Crippen LogP contribution in [0.3, 0.4) is 0 Å². The maximum absolute atomic E-state index is 12.4. The third-order valence-electron chi connectivity index (χ3n) is 4.06. The zero-order valence-corrected chi connectivity index (χ0v) is 15.0. The molecule has 1 aliphatic heterocycles. The summed E-state index contributed by atoms with van der Waals surface area (Å²) in [7, 11) is 1.73. The van der Waals surface area contributed by atoms with Crippen LogP contribution >= 0.6 is 12.4 Å². The Labute approximate surface area is 152 Å². The number of nitrogens with zero attached hydrogens (tertiary/aromatic N) is 2. The molecule has 0 spiro atoms. The molecule has 1 aliphatic rings. The lowest BCUT2D eigenvalue weighted by molar-refractivity contribution is -0.135. The molecule has 1 fully saturated rings. The average molecular weight is 367 g/mol. The van der Waals surface area contributed by atoms with Gasteiger partial charge in [0.05, 0.1) is 19.8 Å². The van der Waals surface area contributed by atoms with Crippen LogP contribution in [0.2, 0.25) is 0 Å². The van der Waals surface area contributed by atoms with Crippen LogP contribution in [0.15, 0.2) is 30.5 Å². The quantitative estimate of drug-likeness (QED) is 0.830. The summed E-state index contributed by atoms with van der Waals surface area (Å²) in [5.41, 5.74) is 1.73. The number of carbonyl (C=O) groups excluding carboxylic acids is 2. The molecule has 2 amide bonds. The van der Waals surface area contributed by atoms with Crippen molar-refractivity contribution in [3.8, 4) is 0 Å². The Hall–Kier alpha value is -2.09. The van der Waals surface area contributed by atoms with E-state index in [2.05, 4.69) is 10.6 Å². The summed E-state index contributed by atoms with van der Waals surface area (Å²) in [6.45, 7) is 3.10. The molecular formula is C17H23ClN4O3. The number of fused-ring (bicyclic) bond motifs is 1. The fraction of sp³-hybridized carbons (Fsp3) is 0.412. The van der Waals surface area contributed by atoms with Crippen molar-refractivity contribution in [3.05, 3.63) is 30.5 Å². The first kappa shape index (κ1) is 19.2. The standard InChI is InChI=1S/C17H22N4O3.ClH/c1-18-11-16(22)19-14-2-3-15-13(10-14)4-5-21(15)12-17(23)20-6-8-24-9-7-20;/h2-5,10,18H,6-9,11-12H2,1H3,(H,19,22);1H. The molecule has 1 aromatic carbocycles. The van der Waals surface area contributed by atoms with Crippen LogP contribution in [0.5, 0.6) is 0 Å². The van der Waals surface area contributed by atoms with E-state index in [1.165, 1.54) is 0 Å². The second-order valence-corrected chi connectivity index (χ2v) is 5.79. The molecule has 0 bridgehead atoms. The molecule has 0 saturated carbocycles. The summed E-state index contributed by atoms with van der Waals surface area (Å²) in [6.07, 6.45) is 1.90. The van der Waals surface area contributed by atoms with E-state index in [1.54, 1.807) is 7.05 Å². The minimum Gasteiger partial charge on any atom is -0.378 e. The number of nitrogens with one attached hydrogen (secondary N) is 2. The third-order valence-corrected chi connectivity index (χ3v) is 4.06. The molecule has 1 saturated heterocycles. The van der Waals surface area contributed by atoms with Crippen LogP contribution in [-0.2, 0) is 20.9 Å². The lowest BCUT2D eigenvalue weighted by Gasteiger charge is -2.27. The highest BCUT2D eigenvalue weighted by Gasteiger charge is 2.17. The molecule has 7 nitrogen and oxygen atoms in total. The van der Waals surface area contributed by atoms with E-state index in [4.69, 9.17) is 4.74 Å². The largest absolute Gasteiger partial charge is 0.378 e. The number of hydrogen-bond donors (Lipinski definition) is 2. The summed E-state index contributed by atoms with van der Waals surface area (Å²) < 4.78 is 7.21. The maximum atomic E-state index is 12.4. The van der Waals surface area contributed by atoms with Gasteiger partial charge in [0, 0.05) is 35.9 Å². The fourth-order valence-corrected chi connectivity index (χ4v) is 2.84. The van der Waals surface area contributed by atoms with Gasteiger partial charge >= 0.3 is 0 Å². The number of hydrogen-bond acceptors (Lipinski definition) is 4. The summed E-state index contributed by atoms with van der Waals surface area (Å²) in [5, 5.41) is 6.64. The molecule has 2 aromatic rings. The van der Waals surface area contributed by atoms with Gasteiger partial charge in [0.25, 0.3) is 0 Å². The van der Waals surface area contributed by atoms with E-state index in [1.807, 2.05) is 39.9 Å². The van der Waals surface area contributed by atoms with E-state index in [-0.39, 0.29) is 30.8 Å². The Balaban J connectivity index is 0.00000225. The average Bonchev–Trinajstić information content (AvgIpc) is 2.98. The fourth-order valence-electron chi connectivity index (χ4n) is 2.84. The van der Waals surface area contributed by atoms with Gasteiger partial charge in [-0.1, -0.05) is 0 Å². The second-order valence-electron chi connectivity index (χ2n) is 5.79. The Bertz CT molecular complexity index is 741. The van der Waals surface area contributed by atoms with Crippen molar-refractivity contribution >= 4 is 40.8 Å². The van der Waals surface area contributed by atoms with Crippen LogP contribution in [0, 0.1) is 0 Å². The van der Waals surface area contributed by atoms with E-state index in [9.17, 15) is 9.59 Å². The molecule has 2 heterocycles. The summed E-state index contributed by atoms with van der Waals surface area (Å²) >= 11 is 0. The van der Waals surface area contributed by atoms with Crippen LogP contribution in [0.4, 0.5) is 5.69 Å². The van der Waals surface area contributed by atoms with Crippen molar-refractivity contribution < 1.29 is 14.3 Å². The number of ether oxygens (including phenoxy) is 1. The number of amides is 2. The molecule has 1 aromatic heterocycles. The first-order valence-electron chi connectivity index (χ1n) is 8.06. The zero-order valence-electron chi connectivity index (χ0n) is 14.2. The molecule has 3 rings (SSSR count). The van der Waals surface area contributed by atoms with Crippen molar-refractivity contribution in [1.29, 1.82) is 0 Å². The SMILES string of the molecule is CNCC(=O)Nc1ccc2c(ccn2CC(=O)N2CCOCC2)c1.Cl. The van der Waals surface area contributed by atoms with Gasteiger partial charge < -0.3 is 24.8 Å². The number of halogens is 1. The number of likely N-dealkylation sites (N-methyl/N-ethyl adjacent to an activating group) is 1. The molecule has 0 radical (unpaired) electrons. The first-order valence-corrected chi connectivity index (χ1v) is 8.06. The molecular weight excluding hydrogens is 344 g/mol. The Kier molecular flexibility index (Phi) is 6.81. The minimum absolute atomic E-state index is 0. The van der Waals surface area contributed by atoms with Gasteiger partial charge in [-0.15, -0.1) is 12.4 Å². The van der Waals surface area contributed by atoms with Gasteiger partial charge in [-0.3, -0.25) is 9.59 Å². The number of aromatic nitrogens is 1. The highest BCUT2D eigenvalue weighted by atomic mass is 35.5. The molecule has 0 atom stereocenters. The van der Waals surface area contributed by atoms with Crippen molar-refractivity contribution in [2.24, 2.45) is 0 Å². The number of rotatable bonds is 5. The van der Waals surface area contributed by atoms with Gasteiger partial charge in [-0.05, 0) is 31.3 Å². The van der Waals surface area contributed by atoms with Crippen LogP contribution < -0.4 is 10.6 Å².